The van der Waals surface area contributed by atoms with Gasteiger partial charge in [-0.05, 0) is 123 Å². The fraction of sp³-hybridized carbons (Fsp3) is 0.0769. The van der Waals surface area contributed by atoms with E-state index in [0.29, 0.717) is 28.2 Å². The van der Waals surface area contributed by atoms with Crippen molar-refractivity contribution in [2.24, 2.45) is 0 Å². The van der Waals surface area contributed by atoms with Crippen LogP contribution in [-0.4, -0.2) is 14.1 Å². The third-order valence-corrected chi connectivity index (χ3v) is 13.1. The molecule has 0 spiro atoms. The number of rotatable bonds is 11. The van der Waals surface area contributed by atoms with Gasteiger partial charge in [0.1, 0.15) is 17.3 Å². The summed E-state index contributed by atoms with van der Waals surface area (Å²) in [7, 11) is 0. The molecule has 12 rings (SSSR count). The number of pyridine rings is 1. The van der Waals surface area contributed by atoms with Gasteiger partial charge in [-0.3, -0.25) is 13.7 Å². The Balaban J connectivity index is 1.00. The molecule has 0 aliphatic heterocycles. The van der Waals surface area contributed by atoms with Crippen LogP contribution in [0.5, 0.6) is 11.5 Å². The van der Waals surface area contributed by atoms with Gasteiger partial charge in [0.2, 0.25) is 0 Å². The summed E-state index contributed by atoms with van der Waals surface area (Å²) in [5.74, 6) is 1.86. The molecule has 70 heavy (non-hydrogen) atoms. The minimum absolute atomic E-state index is 0.130. The second-order valence-corrected chi connectivity index (χ2v) is 18.1. The van der Waals surface area contributed by atoms with Crippen LogP contribution < -0.4 is 9.30 Å². The SMILES string of the molecule is [2H]c1c([2H])c([2H])c(-c2cccc(-c3c([2H])c([2H])c([2H])c([2H])c3[2H])c2-[n+]2[c-]n(-c3cccc(Oc4ccc5c6cc(-c7ccccc7)ccc6n(-c6cc(CC(C)(C)c7ccccc7)ccn6)c5c4)c3)c3cccc(C)c32)c([2H])c1[2H]. The van der Waals surface area contributed by atoms with Gasteiger partial charge in [-0.1, -0.05) is 183 Å². The zero-order chi connectivity index (χ0) is 55.9. The first-order valence-corrected chi connectivity index (χ1v) is 23.2. The molecule has 5 heteroatoms. The number of imidazole rings is 1. The lowest BCUT2D eigenvalue weighted by Crippen LogP contribution is -2.32. The van der Waals surface area contributed by atoms with Crippen molar-refractivity contribution in [3.05, 3.63) is 259 Å². The van der Waals surface area contributed by atoms with Crippen molar-refractivity contribution in [1.82, 2.24) is 14.1 Å². The molecule has 0 N–H and O–H groups in total. The van der Waals surface area contributed by atoms with Gasteiger partial charge >= 0.3 is 0 Å². The Bertz CT molecular complexity index is 4330. The third kappa shape index (κ3) is 7.81. The fourth-order valence-corrected chi connectivity index (χ4v) is 9.77. The van der Waals surface area contributed by atoms with E-state index >= 15 is 0 Å². The lowest BCUT2D eigenvalue weighted by atomic mass is 9.79. The third-order valence-electron chi connectivity index (χ3n) is 13.1. The number of nitrogens with zero attached hydrogens (tertiary/aromatic N) is 4. The zero-order valence-electron chi connectivity index (χ0n) is 48.6. The van der Waals surface area contributed by atoms with Gasteiger partial charge in [0, 0.05) is 23.0 Å². The van der Waals surface area contributed by atoms with E-state index in [-0.39, 0.29) is 33.4 Å². The van der Waals surface area contributed by atoms with E-state index in [4.69, 9.17) is 23.4 Å². The summed E-state index contributed by atoms with van der Waals surface area (Å²) >= 11 is 0. The number of hydrogen-bond acceptors (Lipinski definition) is 2. The molecule has 12 aromatic rings. The topological polar surface area (TPSA) is 35.9 Å². The van der Waals surface area contributed by atoms with E-state index in [1.807, 2.05) is 96.6 Å². The molecule has 0 bridgehead atoms. The molecule has 5 nitrogen and oxygen atoms in total. The minimum atomic E-state index is -0.568. The molecular formula is C65H50N4O. The number of hydrogen-bond donors (Lipinski definition) is 0. The molecule has 3 heterocycles. The van der Waals surface area contributed by atoms with Crippen molar-refractivity contribution in [3.63, 3.8) is 0 Å². The van der Waals surface area contributed by atoms with E-state index in [1.165, 1.54) is 5.56 Å². The minimum Gasteiger partial charge on any atom is -0.458 e. The molecule has 0 fully saturated rings. The first kappa shape index (κ1) is 32.8. The Labute approximate surface area is 422 Å². The molecule has 0 unspecified atom stereocenters. The average molecular weight is 913 g/mol. The molecule has 0 aliphatic rings. The number of para-hydroxylation sites is 2. The van der Waals surface area contributed by atoms with E-state index in [2.05, 4.69) is 97.5 Å². The number of aromatic nitrogens is 4. The van der Waals surface area contributed by atoms with Crippen LogP contribution in [-0.2, 0) is 11.8 Å². The molecule has 0 radical (unpaired) electrons. The lowest BCUT2D eigenvalue weighted by Gasteiger charge is -2.25. The van der Waals surface area contributed by atoms with Crippen LogP contribution in [0.1, 0.15) is 44.2 Å². The van der Waals surface area contributed by atoms with Crippen molar-refractivity contribution in [3.8, 4) is 62.1 Å². The van der Waals surface area contributed by atoms with Gasteiger partial charge in [-0.2, -0.15) is 0 Å². The first-order chi connectivity index (χ1) is 38.5. The molecule has 9 aromatic carbocycles. The van der Waals surface area contributed by atoms with Crippen molar-refractivity contribution < 1.29 is 23.0 Å². The highest BCUT2D eigenvalue weighted by Gasteiger charge is 2.24. The maximum absolute atomic E-state index is 9.11. The summed E-state index contributed by atoms with van der Waals surface area (Å²) in [6.07, 6.45) is 6.18. The standard InChI is InChI=1S/C65H50N4O/c1-45-19-16-32-60-63(45)68(64-55(48-22-10-5-11-23-48)30-18-31-56(64)49-24-12-6-13-25-49)44-67(60)52-28-17-29-53(41-52)70-54-34-35-57-58-40-50(47-20-8-4-9-21-47)33-36-59(58)69(61(57)42-54)62-39-46(37-38-66-62)43-65(2,3)51-26-14-7-15-27-51/h4-42H,43H2,1-3H3/i5D,6D,10D,11D,12D,13D,22D,23D,24D,25D. The van der Waals surface area contributed by atoms with Gasteiger partial charge in [-0.15, -0.1) is 0 Å². The van der Waals surface area contributed by atoms with Crippen molar-refractivity contribution in [2.75, 3.05) is 0 Å². The summed E-state index contributed by atoms with van der Waals surface area (Å²) in [5.41, 5.74) is 9.28. The van der Waals surface area contributed by atoms with E-state index in [0.717, 1.165) is 56.3 Å². The zero-order valence-corrected chi connectivity index (χ0v) is 38.6. The fourth-order valence-electron chi connectivity index (χ4n) is 9.77. The predicted octanol–water partition coefficient (Wildman–Crippen LogP) is 15.8. The van der Waals surface area contributed by atoms with Crippen molar-refractivity contribution in [2.45, 2.75) is 32.6 Å². The number of benzene rings is 9. The lowest BCUT2D eigenvalue weighted by molar-refractivity contribution is -0.571. The Kier molecular flexibility index (Phi) is 8.30. The largest absolute Gasteiger partial charge is 0.458 e. The predicted molar refractivity (Wildman–Crippen MR) is 287 cm³/mol. The Morgan fingerprint density at radius 3 is 2.00 bits per heavy atom. The van der Waals surface area contributed by atoms with Crippen LogP contribution in [0.15, 0.2) is 236 Å². The molecule has 0 saturated heterocycles. The molecule has 336 valence electrons. The number of fused-ring (bicyclic) bond motifs is 4. The highest BCUT2D eigenvalue weighted by molar-refractivity contribution is 6.10. The number of ether oxygens (including phenoxy) is 1. The van der Waals surface area contributed by atoms with Crippen LogP contribution in [0.2, 0.25) is 0 Å². The summed E-state index contributed by atoms with van der Waals surface area (Å²) < 4.78 is 100. The Hall–Kier alpha value is -8.80. The first-order valence-electron chi connectivity index (χ1n) is 28.2. The monoisotopic (exact) mass is 912 g/mol. The van der Waals surface area contributed by atoms with Crippen LogP contribution >= 0.6 is 0 Å². The van der Waals surface area contributed by atoms with Gasteiger partial charge in [0.05, 0.1) is 47.1 Å². The average Bonchev–Trinajstić information content (AvgIpc) is 3.75. The van der Waals surface area contributed by atoms with E-state index in [1.54, 1.807) is 22.8 Å². The van der Waals surface area contributed by atoms with Gasteiger partial charge < -0.3 is 4.74 Å². The van der Waals surface area contributed by atoms with Crippen LogP contribution in [0.25, 0.3) is 83.4 Å². The molecule has 0 saturated carbocycles. The highest BCUT2D eigenvalue weighted by Crippen LogP contribution is 2.39. The second kappa shape index (κ2) is 17.7. The summed E-state index contributed by atoms with van der Waals surface area (Å²) in [6, 6.07) is 50.6. The summed E-state index contributed by atoms with van der Waals surface area (Å²) in [4.78, 5) is 4.99. The van der Waals surface area contributed by atoms with Crippen LogP contribution in [0.4, 0.5) is 0 Å². The maximum atomic E-state index is 9.11. The summed E-state index contributed by atoms with van der Waals surface area (Å²) in [5, 5.41) is 2.09. The van der Waals surface area contributed by atoms with Gasteiger partial charge in [-0.25, -0.2) is 4.98 Å². The Morgan fingerprint density at radius 1 is 0.571 bits per heavy atom. The molecule has 3 aromatic heterocycles. The molecule has 0 atom stereocenters. The van der Waals surface area contributed by atoms with Crippen molar-refractivity contribution in [1.29, 1.82) is 0 Å². The second-order valence-electron chi connectivity index (χ2n) is 18.1. The van der Waals surface area contributed by atoms with E-state index in [9.17, 15) is 0 Å². The quantitative estimate of drug-likeness (QED) is 0.0957. The molecule has 0 aliphatic carbocycles. The summed E-state index contributed by atoms with van der Waals surface area (Å²) in [6.45, 7) is 6.43. The normalized spacial score (nSPS) is 13.7. The van der Waals surface area contributed by atoms with Crippen LogP contribution in [0, 0.1) is 13.3 Å². The molecule has 0 amide bonds. The Morgan fingerprint density at radius 2 is 1.26 bits per heavy atom. The van der Waals surface area contributed by atoms with Gasteiger partial charge in [0.15, 0.2) is 0 Å². The van der Waals surface area contributed by atoms with E-state index < -0.39 is 60.4 Å². The smallest absolute Gasteiger partial charge is 0.269 e. The van der Waals surface area contributed by atoms with Gasteiger partial charge in [0.25, 0.3) is 6.33 Å². The highest BCUT2D eigenvalue weighted by atomic mass is 16.5. The van der Waals surface area contributed by atoms with Crippen LogP contribution in [0.3, 0.4) is 0 Å². The molecular weight excluding hydrogens is 853 g/mol. The number of aryl methyl sites for hydroxylation is 1. The maximum Gasteiger partial charge on any atom is 0.269 e. The van der Waals surface area contributed by atoms with Crippen molar-refractivity contribution >= 4 is 32.8 Å².